The average molecular weight is 313 g/mol. The molecule has 0 aromatic heterocycles. The first-order valence-corrected chi connectivity index (χ1v) is 8.09. The Morgan fingerprint density at radius 3 is 2.48 bits per heavy atom. The molecule has 1 heterocycles. The third-order valence-electron chi connectivity index (χ3n) is 4.31. The van der Waals surface area contributed by atoms with E-state index in [0.29, 0.717) is 6.54 Å². The third-order valence-corrected chi connectivity index (χ3v) is 4.31. The monoisotopic (exact) mass is 313 g/mol. The number of hydrogen-bond donors (Lipinski definition) is 2. The van der Waals surface area contributed by atoms with Crippen LogP contribution in [-0.2, 0) is 4.79 Å². The highest BCUT2D eigenvalue weighted by molar-refractivity contribution is 6.02. The molecule has 0 aliphatic carbocycles. The van der Waals surface area contributed by atoms with Crippen LogP contribution < -0.4 is 5.32 Å². The molecule has 2 aromatic rings. The summed E-state index contributed by atoms with van der Waals surface area (Å²) in [5, 5.41) is 14.2. The number of piperazine rings is 1. The van der Waals surface area contributed by atoms with Crippen molar-refractivity contribution in [2.75, 3.05) is 51.2 Å². The highest BCUT2D eigenvalue weighted by atomic mass is 16.3. The summed E-state index contributed by atoms with van der Waals surface area (Å²) in [5.74, 6) is 0.0250. The van der Waals surface area contributed by atoms with Crippen molar-refractivity contribution in [3.63, 3.8) is 0 Å². The lowest BCUT2D eigenvalue weighted by Gasteiger charge is -2.33. The van der Waals surface area contributed by atoms with Crippen LogP contribution in [-0.4, -0.2) is 66.7 Å². The van der Waals surface area contributed by atoms with Gasteiger partial charge in [0.1, 0.15) is 0 Å². The molecule has 0 bridgehead atoms. The van der Waals surface area contributed by atoms with Crippen molar-refractivity contribution in [2.45, 2.75) is 0 Å². The Morgan fingerprint density at radius 2 is 1.70 bits per heavy atom. The van der Waals surface area contributed by atoms with Gasteiger partial charge in [0.25, 0.3) is 0 Å². The third kappa shape index (κ3) is 4.07. The van der Waals surface area contributed by atoms with Gasteiger partial charge >= 0.3 is 0 Å². The highest BCUT2D eigenvalue weighted by Crippen LogP contribution is 2.22. The molecule has 0 spiro atoms. The van der Waals surface area contributed by atoms with Gasteiger partial charge in [-0.2, -0.15) is 0 Å². The smallest absolute Gasteiger partial charge is 0.238 e. The Hall–Kier alpha value is -1.95. The molecule has 2 N–H and O–H groups in total. The maximum absolute atomic E-state index is 12.3. The lowest BCUT2D eigenvalue weighted by Crippen LogP contribution is -2.49. The molecule has 1 saturated heterocycles. The van der Waals surface area contributed by atoms with E-state index in [2.05, 4.69) is 15.1 Å². The molecular formula is C18H23N3O2. The van der Waals surface area contributed by atoms with Crippen molar-refractivity contribution in [3.05, 3.63) is 42.5 Å². The molecule has 0 saturated carbocycles. The van der Waals surface area contributed by atoms with Crippen LogP contribution in [0.2, 0.25) is 0 Å². The van der Waals surface area contributed by atoms with Crippen molar-refractivity contribution in [1.82, 2.24) is 9.80 Å². The molecule has 1 aliphatic heterocycles. The summed E-state index contributed by atoms with van der Waals surface area (Å²) in [6.45, 7) is 4.87. The molecule has 2 aromatic carbocycles. The van der Waals surface area contributed by atoms with E-state index >= 15 is 0 Å². The van der Waals surface area contributed by atoms with Crippen LogP contribution in [0.5, 0.6) is 0 Å². The summed E-state index contributed by atoms with van der Waals surface area (Å²) in [6.07, 6.45) is 0. The van der Waals surface area contributed by atoms with Gasteiger partial charge in [-0.1, -0.05) is 36.4 Å². The normalized spacial score (nSPS) is 16.6. The van der Waals surface area contributed by atoms with Crippen LogP contribution in [0, 0.1) is 0 Å². The lowest BCUT2D eigenvalue weighted by atomic mass is 10.1. The van der Waals surface area contributed by atoms with Crippen LogP contribution in [0.3, 0.4) is 0 Å². The van der Waals surface area contributed by atoms with E-state index in [1.165, 1.54) is 0 Å². The van der Waals surface area contributed by atoms with E-state index in [4.69, 9.17) is 5.11 Å². The van der Waals surface area contributed by atoms with E-state index in [9.17, 15) is 4.79 Å². The van der Waals surface area contributed by atoms with Crippen molar-refractivity contribution in [1.29, 1.82) is 0 Å². The molecule has 1 fully saturated rings. The van der Waals surface area contributed by atoms with E-state index in [1.807, 2.05) is 42.5 Å². The number of anilines is 1. The highest BCUT2D eigenvalue weighted by Gasteiger charge is 2.18. The maximum atomic E-state index is 12.3. The second-order valence-electron chi connectivity index (χ2n) is 5.92. The van der Waals surface area contributed by atoms with Gasteiger partial charge in [-0.05, 0) is 11.5 Å². The Morgan fingerprint density at radius 1 is 1.00 bits per heavy atom. The minimum atomic E-state index is 0.0250. The van der Waals surface area contributed by atoms with Crippen molar-refractivity contribution < 1.29 is 9.90 Å². The number of nitrogens with one attached hydrogen (secondary N) is 1. The number of aliphatic hydroxyl groups excluding tert-OH is 1. The quantitative estimate of drug-likeness (QED) is 0.876. The minimum absolute atomic E-state index is 0.0250. The van der Waals surface area contributed by atoms with Crippen molar-refractivity contribution in [2.24, 2.45) is 0 Å². The van der Waals surface area contributed by atoms with Gasteiger partial charge in [-0.15, -0.1) is 0 Å². The number of benzene rings is 2. The number of carbonyl (C=O) groups excluding carboxylic acids is 1. The predicted octanol–water partition coefficient (Wildman–Crippen LogP) is 1.39. The molecule has 23 heavy (non-hydrogen) atoms. The summed E-state index contributed by atoms with van der Waals surface area (Å²) in [6, 6.07) is 14.0. The molecule has 122 valence electrons. The first-order chi connectivity index (χ1) is 11.3. The van der Waals surface area contributed by atoms with E-state index in [-0.39, 0.29) is 12.5 Å². The van der Waals surface area contributed by atoms with Crippen LogP contribution in [0.25, 0.3) is 10.8 Å². The molecule has 1 aliphatic rings. The van der Waals surface area contributed by atoms with Gasteiger partial charge in [0.2, 0.25) is 5.91 Å². The summed E-state index contributed by atoms with van der Waals surface area (Å²) < 4.78 is 0. The zero-order valence-corrected chi connectivity index (χ0v) is 13.2. The fourth-order valence-corrected chi connectivity index (χ4v) is 3.04. The Kier molecular flexibility index (Phi) is 5.23. The fraction of sp³-hybridized carbons (Fsp3) is 0.389. The lowest BCUT2D eigenvalue weighted by molar-refractivity contribution is -0.117. The molecule has 1 amide bonds. The second-order valence-corrected chi connectivity index (χ2v) is 5.92. The van der Waals surface area contributed by atoms with Gasteiger partial charge in [0.05, 0.1) is 13.2 Å². The van der Waals surface area contributed by atoms with Gasteiger partial charge in [-0.3, -0.25) is 14.6 Å². The first-order valence-electron chi connectivity index (χ1n) is 8.09. The predicted molar refractivity (Wildman–Crippen MR) is 92.5 cm³/mol. The topological polar surface area (TPSA) is 55.8 Å². The number of rotatable bonds is 5. The summed E-state index contributed by atoms with van der Waals surface area (Å²) in [5.41, 5.74) is 0.868. The fourth-order valence-electron chi connectivity index (χ4n) is 3.04. The molecular weight excluding hydrogens is 290 g/mol. The standard InChI is InChI=1S/C18H23N3O2/c22-13-12-20-8-10-21(11-9-20)14-18(23)19-17-7-3-5-15-4-1-2-6-16(15)17/h1-7,22H,8-14H2,(H,19,23). The molecule has 0 atom stereocenters. The number of hydrogen-bond acceptors (Lipinski definition) is 4. The van der Waals surface area contributed by atoms with E-state index in [1.54, 1.807) is 0 Å². The van der Waals surface area contributed by atoms with Crippen LogP contribution in [0.1, 0.15) is 0 Å². The van der Waals surface area contributed by atoms with Gasteiger partial charge in [0.15, 0.2) is 0 Å². The zero-order chi connectivity index (χ0) is 16.1. The van der Waals surface area contributed by atoms with Gasteiger partial charge in [0, 0.05) is 43.8 Å². The van der Waals surface area contributed by atoms with Crippen molar-refractivity contribution >= 4 is 22.4 Å². The van der Waals surface area contributed by atoms with Crippen molar-refractivity contribution in [3.8, 4) is 0 Å². The number of β-amino-alcohol motifs (C(OH)–C–C–N with tert-alkyl or cyclic N) is 1. The Balaban J connectivity index is 1.57. The van der Waals surface area contributed by atoms with Crippen LogP contribution >= 0.6 is 0 Å². The minimum Gasteiger partial charge on any atom is -0.395 e. The number of fused-ring (bicyclic) bond motifs is 1. The van der Waals surface area contributed by atoms with Gasteiger partial charge in [-0.25, -0.2) is 0 Å². The second kappa shape index (κ2) is 7.55. The molecule has 5 heteroatoms. The number of nitrogens with zero attached hydrogens (tertiary/aromatic N) is 2. The van der Waals surface area contributed by atoms with E-state index in [0.717, 1.165) is 49.2 Å². The molecule has 5 nitrogen and oxygen atoms in total. The molecule has 3 rings (SSSR count). The zero-order valence-electron chi connectivity index (χ0n) is 13.2. The number of amides is 1. The summed E-state index contributed by atoms with van der Waals surface area (Å²) in [7, 11) is 0. The first kappa shape index (κ1) is 15.9. The van der Waals surface area contributed by atoms with E-state index < -0.39 is 0 Å². The van der Waals surface area contributed by atoms with Crippen LogP contribution in [0.4, 0.5) is 5.69 Å². The Labute approximate surface area is 136 Å². The number of aliphatic hydroxyl groups is 1. The number of carbonyl (C=O) groups is 1. The Bertz CT molecular complexity index is 661. The summed E-state index contributed by atoms with van der Waals surface area (Å²) >= 11 is 0. The van der Waals surface area contributed by atoms with Gasteiger partial charge < -0.3 is 10.4 Å². The maximum Gasteiger partial charge on any atom is 0.238 e. The SMILES string of the molecule is O=C(CN1CCN(CCO)CC1)Nc1cccc2ccccc12. The molecule has 0 radical (unpaired) electrons. The van der Waals surface area contributed by atoms with Crippen LogP contribution in [0.15, 0.2) is 42.5 Å². The average Bonchev–Trinajstić information content (AvgIpc) is 2.57. The molecule has 0 unspecified atom stereocenters. The summed E-state index contributed by atoms with van der Waals surface area (Å²) in [4.78, 5) is 16.7. The largest absolute Gasteiger partial charge is 0.395 e.